The molecule has 0 unspecified atom stereocenters. The summed E-state index contributed by atoms with van der Waals surface area (Å²) >= 11 is 10.0. The van der Waals surface area contributed by atoms with Gasteiger partial charge in [-0.1, -0.05) is 30.9 Å². The Morgan fingerprint density at radius 1 is 1.40 bits per heavy atom. The minimum atomic E-state index is -0.0177. The van der Waals surface area contributed by atoms with E-state index >= 15 is 0 Å². The SMILES string of the molecule is CSC1(CNC(=O)c2cc(Cl)ccc2I)CCCCC1. The van der Waals surface area contributed by atoms with Crippen LogP contribution in [0.2, 0.25) is 5.02 Å². The summed E-state index contributed by atoms with van der Waals surface area (Å²) in [4.78, 5) is 12.3. The van der Waals surface area contributed by atoms with Gasteiger partial charge < -0.3 is 5.32 Å². The van der Waals surface area contributed by atoms with Crippen molar-refractivity contribution in [1.82, 2.24) is 5.32 Å². The fourth-order valence-corrected chi connectivity index (χ4v) is 4.32. The third-order valence-electron chi connectivity index (χ3n) is 3.94. The van der Waals surface area contributed by atoms with Gasteiger partial charge in [0.15, 0.2) is 0 Å². The molecule has 1 fully saturated rings. The van der Waals surface area contributed by atoms with E-state index in [2.05, 4.69) is 34.2 Å². The molecule has 1 amide bonds. The van der Waals surface area contributed by atoms with Gasteiger partial charge in [-0.15, -0.1) is 0 Å². The van der Waals surface area contributed by atoms with E-state index in [9.17, 15) is 4.79 Å². The van der Waals surface area contributed by atoms with E-state index in [4.69, 9.17) is 11.6 Å². The molecule has 20 heavy (non-hydrogen) atoms. The second kappa shape index (κ2) is 7.36. The molecule has 1 N–H and O–H groups in total. The van der Waals surface area contributed by atoms with Crippen LogP contribution in [0.1, 0.15) is 42.5 Å². The number of carbonyl (C=O) groups excluding carboxylic acids is 1. The Morgan fingerprint density at radius 2 is 2.10 bits per heavy atom. The maximum absolute atomic E-state index is 12.3. The normalized spacial score (nSPS) is 17.8. The van der Waals surface area contributed by atoms with Crippen molar-refractivity contribution < 1.29 is 4.79 Å². The molecular weight excluding hydrogens is 405 g/mol. The monoisotopic (exact) mass is 423 g/mol. The average molecular weight is 424 g/mol. The smallest absolute Gasteiger partial charge is 0.252 e. The molecule has 1 saturated carbocycles. The summed E-state index contributed by atoms with van der Waals surface area (Å²) < 4.78 is 1.16. The van der Waals surface area contributed by atoms with Crippen LogP contribution in [0.15, 0.2) is 18.2 Å². The van der Waals surface area contributed by atoms with Gasteiger partial charge in [-0.25, -0.2) is 0 Å². The first kappa shape index (κ1) is 16.4. The van der Waals surface area contributed by atoms with Gasteiger partial charge in [0.25, 0.3) is 5.91 Å². The molecule has 0 aliphatic heterocycles. The van der Waals surface area contributed by atoms with Crippen LogP contribution >= 0.6 is 46.0 Å². The number of rotatable bonds is 4. The molecule has 0 atom stereocenters. The van der Waals surface area contributed by atoms with Crippen molar-refractivity contribution in [2.75, 3.05) is 12.8 Å². The molecule has 0 radical (unpaired) electrons. The van der Waals surface area contributed by atoms with Gasteiger partial charge in [0.1, 0.15) is 0 Å². The lowest BCUT2D eigenvalue weighted by Crippen LogP contribution is -2.41. The van der Waals surface area contributed by atoms with Crippen LogP contribution in [-0.2, 0) is 0 Å². The number of amides is 1. The zero-order chi connectivity index (χ0) is 14.6. The highest BCUT2D eigenvalue weighted by atomic mass is 127. The van der Waals surface area contributed by atoms with Gasteiger partial charge in [0.05, 0.1) is 5.56 Å². The molecule has 5 heteroatoms. The van der Waals surface area contributed by atoms with Crippen molar-refractivity contribution in [2.45, 2.75) is 36.9 Å². The van der Waals surface area contributed by atoms with Crippen molar-refractivity contribution in [3.05, 3.63) is 32.4 Å². The molecular formula is C15H19ClINOS. The molecule has 0 spiro atoms. The Labute approximate surface area is 143 Å². The van der Waals surface area contributed by atoms with Crippen LogP contribution in [0.5, 0.6) is 0 Å². The molecule has 110 valence electrons. The Balaban J connectivity index is 2.02. The van der Waals surface area contributed by atoms with Gasteiger partial charge in [-0.2, -0.15) is 11.8 Å². The van der Waals surface area contributed by atoms with Gasteiger partial charge in [-0.05, 0) is 59.9 Å². The highest BCUT2D eigenvalue weighted by Crippen LogP contribution is 2.38. The number of nitrogens with one attached hydrogen (secondary N) is 1. The van der Waals surface area contributed by atoms with E-state index in [0.29, 0.717) is 10.6 Å². The number of carbonyl (C=O) groups is 1. The van der Waals surface area contributed by atoms with E-state index in [1.54, 1.807) is 6.07 Å². The van der Waals surface area contributed by atoms with Crippen LogP contribution in [0, 0.1) is 3.57 Å². The van der Waals surface area contributed by atoms with E-state index in [1.807, 2.05) is 23.9 Å². The standard InChI is InChI=1S/C15H19ClINOS/c1-20-15(7-3-2-4-8-15)10-18-14(19)12-9-11(16)5-6-13(12)17/h5-6,9H,2-4,7-8,10H2,1H3,(H,18,19). The number of thioether (sulfide) groups is 1. The molecule has 0 saturated heterocycles. The molecule has 1 aromatic rings. The van der Waals surface area contributed by atoms with Crippen LogP contribution in [0.4, 0.5) is 0 Å². The number of hydrogen-bond acceptors (Lipinski definition) is 2. The van der Waals surface area contributed by atoms with Crippen molar-refractivity contribution in [3.8, 4) is 0 Å². The van der Waals surface area contributed by atoms with Gasteiger partial charge in [0, 0.05) is 19.9 Å². The molecule has 1 aliphatic rings. The third-order valence-corrected chi connectivity index (χ3v) is 6.54. The lowest BCUT2D eigenvalue weighted by molar-refractivity contribution is 0.0946. The lowest BCUT2D eigenvalue weighted by Gasteiger charge is -2.35. The fourth-order valence-electron chi connectivity index (χ4n) is 2.66. The largest absolute Gasteiger partial charge is 0.351 e. The molecule has 0 aromatic heterocycles. The summed E-state index contributed by atoms with van der Waals surface area (Å²) in [6, 6.07) is 5.43. The second-order valence-corrected chi connectivity index (χ2v) is 8.13. The minimum absolute atomic E-state index is 0.0177. The Kier molecular flexibility index (Phi) is 6.05. The Bertz CT molecular complexity index is 489. The summed E-state index contributed by atoms with van der Waals surface area (Å²) in [6.45, 7) is 0.746. The summed E-state index contributed by atoms with van der Waals surface area (Å²) in [5.41, 5.74) is 0.671. The Morgan fingerprint density at radius 3 is 2.75 bits per heavy atom. The quantitative estimate of drug-likeness (QED) is 0.709. The van der Waals surface area contributed by atoms with Gasteiger partial charge >= 0.3 is 0 Å². The molecule has 0 heterocycles. The summed E-state index contributed by atoms with van der Waals surface area (Å²) in [5.74, 6) is -0.0177. The van der Waals surface area contributed by atoms with Gasteiger partial charge in [-0.3, -0.25) is 4.79 Å². The summed E-state index contributed by atoms with van der Waals surface area (Å²) in [5, 5.41) is 3.71. The van der Waals surface area contributed by atoms with Crippen molar-refractivity contribution in [1.29, 1.82) is 0 Å². The average Bonchev–Trinajstić information content (AvgIpc) is 2.48. The molecule has 2 rings (SSSR count). The topological polar surface area (TPSA) is 29.1 Å². The van der Waals surface area contributed by atoms with Crippen LogP contribution in [-0.4, -0.2) is 23.5 Å². The maximum Gasteiger partial charge on any atom is 0.252 e. The number of benzene rings is 1. The van der Waals surface area contributed by atoms with Crippen LogP contribution < -0.4 is 5.32 Å². The fraction of sp³-hybridized carbons (Fsp3) is 0.533. The van der Waals surface area contributed by atoms with E-state index in [1.165, 1.54) is 32.1 Å². The van der Waals surface area contributed by atoms with E-state index in [0.717, 1.165) is 10.1 Å². The van der Waals surface area contributed by atoms with Crippen molar-refractivity contribution >= 4 is 51.9 Å². The first-order valence-electron chi connectivity index (χ1n) is 6.85. The highest BCUT2D eigenvalue weighted by molar-refractivity contribution is 14.1. The van der Waals surface area contributed by atoms with Crippen molar-refractivity contribution in [2.24, 2.45) is 0 Å². The molecule has 2 nitrogen and oxygen atoms in total. The predicted molar refractivity (Wildman–Crippen MR) is 95.8 cm³/mol. The highest BCUT2D eigenvalue weighted by Gasteiger charge is 2.31. The predicted octanol–water partition coefficient (Wildman–Crippen LogP) is 4.74. The van der Waals surface area contributed by atoms with Crippen LogP contribution in [0.25, 0.3) is 0 Å². The molecule has 1 aliphatic carbocycles. The lowest BCUT2D eigenvalue weighted by atomic mass is 9.88. The summed E-state index contributed by atoms with van der Waals surface area (Å²) in [6.07, 6.45) is 8.40. The zero-order valence-electron chi connectivity index (χ0n) is 11.5. The van der Waals surface area contributed by atoms with Gasteiger partial charge in [0.2, 0.25) is 0 Å². The van der Waals surface area contributed by atoms with E-state index < -0.39 is 0 Å². The molecule has 1 aromatic carbocycles. The second-order valence-electron chi connectivity index (χ2n) is 5.25. The first-order chi connectivity index (χ1) is 9.56. The first-order valence-corrected chi connectivity index (χ1v) is 9.53. The maximum atomic E-state index is 12.3. The molecule has 0 bridgehead atoms. The summed E-state index contributed by atoms with van der Waals surface area (Å²) in [7, 11) is 0. The number of halogens is 2. The zero-order valence-corrected chi connectivity index (χ0v) is 15.3. The number of hydrogen-bond donors (Lipinski definition) is 1. The third kappa shape index (κ3) is 4.04. The Hall–Kier alpha value is 0.0600. The van der Waals surface area contributed by atoms with Crippen molar-refractivity contribution in [3.63, 3.8) is 0 Å². The minimum Gasteiger partial charge on any atom is -0.351 e. The van der Waals surface area contributed by atoms with Crippen LogP contribution in [0.3, 0.4) is 0 Å². The van der Waals surface area contributed by atoms with E-state index in [-0.39, 0.29) is 10.7 Å².